The molecule has 1 aliphatic carbocycles. The standard InChI is InChI=1S/C21H29ClN2O3/c1-21(2,16-5-6-16)24-12-10-23(11-13-24)20(26)9-7-18(25)15-4-8-19(27-3)17(22)14-15/h4,8,14,16H,5-7,9-13H2,1-3H3. The van der Waals surface area contributed by atoms with Crippen LogP contribution in [0.1, 0.15) is 49.9 Å². The van der Waals surface area contributed by atoms with Crippen LogP contribution in [-0.4, -0.2) is 60.3 Å². The second-order valence-corrected chi connectivity index (χ2v) is 8.48. The van der Waals surface area contributed by atoms with Crippen LogP contribution >= 0.6 is 11.6 Å². The molecule has 148 valence electrons. The van der Waals surface area contributed by atoms with Gasteiger partial charge in [-0.2, -0.15) is 0 Å². The number of nitrogens with zero attached hydrogens (tertiary/aromatic N) is 2. The van der Waals surface area contributed by atoms with E-state index in [9.17, 15) is 9.59 Å². The van der Waals surface area contributed by atoms with E-state index in [1.807, 2.05) is 4.90 Å². The molecule has 2 fully saturated rings. The lowest BCUT2D eigenvalue weighted by atomic mass is 9.95. The first kappa shape index (κ1) is 20.2. The predicted molar refractivity (Wildman–Crippen MR) is 107 cm³/mol. The van der Waals surface area contributed by atoms with E-state index in [1.165, 1.54) is 20.0 Å². The summed E-state index contributed by atoms with van der Waals surface area (Å²) in [4.78, 5) is 29.3. The van der Waals surface area contributed by atoms with Crippen LogP contribution in [-0.2, 0) is 4.79 Å². The van der Waals surface area contributed by atoms with Crippen LogP contribution in [0.25, 0.3) is 0 Å². The summed E-state index contributed by atoms with van der Waals surface area (Å²) >= 11 is 6.08. The fraction of sp³-hybridized carbons (Fsp3) is 0.619. The van der Waals surface area contributed by atoms with E-state index in [0.29, 0.717) is 16.3 Å². The number of benzene rings is 1. The molecule has 0 N–H and O–H groups in total. The van der Waals surface area contributed by atoms with Gasteiger partial charge in [-0.3, -0.25) is 14.5 Å². The fourth-order valence-corrected chi connectivity index (χ4v) is 4.20. The molecule has 0 unspecified atom stereocenters. The Labute approximate surface area is 166 Å². The van der Waals surface area contributed by atoms with E-state index in [-0.39, 0.29) is 30.1 Å². The van der Waals surface area contributed by atoms with Gasteiger partial charge in [-0.05, 0) is 50.8 Å². The summed E-state index contributed by atoms with van der Waals surface area (Å²) in [5.74, 6) is 1.33. The van der Waals surface area contributed by atoms with Crippen molar-refractivity contribution in [2.24, 2.45) is 5.92 Å². The first-order chi connectivity index (χ1) is 12.8. The summed E-state index contributed by atoms with van der Waals surface area (Å²) in [5.41, 5.74) is 0.753. The van der Waals surface area contributed by atoms with Gasteiger partial charge in [-0.1, -0.05) is 11.6 Å². The second-order valence-electron chi connectivity index (χ2n) is 8.07. The first-order valence-corrected chi connectivity index (χ1v) is 10.1. The number of Topliss-reactive ketones (excluding diaryl/α,β-unsaturated/α-hetero) is 1. The topological polar surface area (TPSA) is 49.9 Å². The zero-order valence-corrected chi connectivity index (χ0v) is 17.2. The van der Waals surface area contributed by atoms with E-state index in [2.05, 4.69) is 18.7 Å². The Balaban J connectivity index is 1.47. The third-order valence-electron chi connectivity index (χ3n) is 6.06. The van der Waals surface area contributed by atoms with Gasteiger partial charge in [0.25, 0.3) is 0 Å². The van der Waals surface area contributed by atoms with E-state index >= 15 is 0 Å². The monoisotopic (exact) mass is 392 g/mol. The van der Waals surface area contributed by atoms with Crippen LogP contribution in [0, 0.1) is 5.92 Å². The van der Waals surface area contributed by atoms with Crippen LogP contribution in [0.5, 0.6) is 5.75 Å². The molecule has 0 spiro atoms. The molecule has 0 radical (unpaired) electrons. The highest BCUT2D eigenvalue weighted by Gasteiger charge is 2.42. The molecule has 0 atom stereocenters. The van der Waals surface area contributed by atoms with Crippen LogP contribution in [0.4, 0.5) is 0 Å². The lowest BCUT2D eigenvalue weighted by Crippen LogP contribution is -2.56. The molecule has 1 aliphatic heterocycles. The Morgan fingerprint density at radius 3 is 2.37 bits per heavy atom. The van der Waals surface area contributed by atoms with Gasteiger partial charge in [0.05, 0.1) is 12.1 Å². The molecule has 1 aromatic rings. The highest BCUT2D eigenvalue weighted by Crippen LogP contribution is 2.43. The lowest BCUT2D eigenvalue weighted by Gasteiger charge is -2.44. The predicted octanol–water partition coefficient (Wildman–Crippen LogP) is 3.64. The summed E-state index contributed by atoms with van der Waals surface area (Å²) in [6.07, 6.45) is 3.09. The number of halogens is 1. The molecule has 1 aromatic carbocycles. The number of amides is 1. The zero-order chi connectivity index (χ0) is 19.6. The minimum Gasteiger partial charge on any atom is -0.495 e. The SMILES string of the molecule is COc1ccc(C(=O)CCC(=O)N2CCN(C(C)(C)C3CC3)CC2)cc1Cl. The molecule has 1 saturated heterocycles. The van der Waals surface area contributed by atoms with Crippen LogP contribution < -0.4 is 4.74 Å². The van der Waals surface area contributed by atoms with Gasteiger partial charge in [0.1, 0.15) is 5.75 Å². The number of methoxy groups -OCH3 is 1. The Morgan fingerprint density at radius 1 is 1.15 bits per heavy atom. The quantitative estimate of drug-likeness (QED) is 0.664. The molecular weight excluding hydrogens is 364 g/mol. The molecule has 0 bridgehead atoms. The number of hydrogen-bond acceptors (Lipinski definition) is 4. The summed E-state index contributed by atoms with van der Waals surface area (Å²) in [7, 11) is 1.53. The molecule has 1 heterocycles. The number of carbonyl (C=O) groups excluding carboxylic acids is 2. The Bertz CT molecular complexity index is 707. The molecule has 2 aliphatic rings. The summed E-state index contributed by atoms with van der Waals surface area (Å²) in [6, 6.07) is 4.97. The molecule has 27 heavy (non-hydrogen) atoms. The smallest absolute Gasteiger partial charge is 0.223 e. The van der Waals surface area contributed by atoms with Gasteiger partial charge < -0.3 is 9.64 Å². The Morgan fingerprint density at radius 2 is 1.81 bits per heavy atom. The van der Waals surface area contributed by atoms with E-state index < -0.39 is 0 Å². The fourth-order valence-electron chi connectivity index (χ4n) is 3.94. The highest BCUT2D eigenvalue weighted by molar-refractivity contribution is 6.32. The lowest BCUT2D eigenvalue weighted by molar-refractivity contribution is -0.133. The molecule has 3 rings (SSSR count). The average molecular weight is 393 g/mol. The maximum absolute atomic E-state index is 12.5. The summed E-state index contributed by atoms with van der Waals surface area (Å²) < 4.78 is 5.10. The van der Waals surface area contributed by atoms with Crippen molar-refractivity contribution in [1.29, 1.82) is 0 Å². The van der Waals surface area contributed by atoms with Gasteiger partial charge in [0, 0.05) is 50.1 Å². The maximum Gasteiger partial charge on any atom is 0.223 e. The maximum atomic E-state index is 12.5. The number of ketones is 1. The average Bonchev–Trinajstić information content (AvgIpc) is 3.51. The van der Waals surface area contributed by atoms with Crippen molar-refractivity contribution in [3.05, 3.63) is 28.8 Å². The van der Waals surface area contributed by atoms with Crippen LogP contribution in [0.3, 0.4) is 0 Å². The minimum absolute atomic E-state index is 0.0619. The Hall–Kier alpha value is -1.59. The van der Waals surface area contributed by atoms with Gasteiger partial charge in [-0.15, -0.1) is 0 Å². The molecular formula is C21H29ClN2O3. The van der Waals surface area contributed by atoms with Crippen LogP contribution in [0.15, 0.2) is 18.2 Å². The molecule has 6 heteroatoms. The van der Waals surface area contributed by atoms with E-state index in [4.69, 9.17) is 16.3 Å². The van der Waals surface area contributed by atoms with Crippen molar-refractivity contribution < 1.29 is 14.3 Å². The van der Waals surface area contributed by atoms with Crippen molar-refractivity contribution in [3.63, 3.8) is 0 Å². The third kappa shape index (κ3) is 4.64. The van der Waals surface area contributed by atoms with Crippen LogP contribution in [0.2, 0.25) is 5.02 Å². The molecule has 1 amide bonds. The highest BCUT2D eigenvalue weighted by atomic mass is 35.5. The second kappa shape index (κ2) is 8.19. The molecule has 5 nitrogen and oxygen atoms in total. The largest absolute Gasteiger partial charge is 0.495 e. The number of carbonyl (C=O) groups is 2. The molecule has 1 saturated carbocycles. The van der Waals surface area contributed by atoms with E-state index in [0.717, 1.165) is 32.1 Å². The van der Waals surface area contributed by atoms with Gasteiger partial charge in [0.15, 0.2) is 5.78 Å². The van der Waals surface area contributed by atoms with Crippen molar-refractivity contribution in [3.8, 4) is 5.75 Å². The zero-order valence-electron chi connectivity index (χ0n) is 16.5. The minimum atomic E-state index is -0.0681. The van der Waals surface area contributed by atoms with E-state index in [1.54, 1.807) is 18.2 Å². The van der Waals surface area contributed by atoms with Crippen molar-refractivity contribution in [1.82, 2.24) is 9.80 Å². The summed E-state index contributed by atoms with van der Waals surface area (Å²) in [5, 5.41) is 0.407. The number of piperazine rings is 1. The van der Waals surface area contributed by atoms with Gasteiger partial charge in [0.2, 0.25) is 5.91 Å². The van der Waals surface area contributed by atoms with Gasteiger partial charge >= 0.3 is 0 Å². The summed E-state index contributed by atoms with van der Waals surface area (Å²) in [6.45, 7) is 7.96. The third-order valence-corrected chi connectivity index (χ3v) is 6.36. The van der Waals surface area contributed by atoms with Crippen molar-refractivity contribution in [2.45, 2.75) is 45.1 Å². The number of ether oxygens (including phenoxy) is 1. The van der Waals surface area contributed by atoms with Gasteiger partial charge in [-0.25, -0.2) is 0 Å². The Kier molecular flexibility index (Phi) is 6.11. The number of rotatable bonds is 7. The normalized spacial score (nSPS) is 18.4. The van der Waals surface area contributed by atoms with Crippen molar-refractivity contribution >= 4 is 23.3 Å². The first-order valence-electron chi connectivity index (χ1n) is 9.72. The number of hydrogen-bond donors (Lipinski definition) is 0. The van der Waals surface area contributed by atoms with Crippen molar-refractivity contribution in [2.75, 3.05) is 33.3 Å². The molecule has 0 aromatic heterocycles.